The summed E-state index contributed by atoms with van der Waals surface area (Å²) in [5, 5.41) is 8.75. The quantitative estimate of drug-likeness (QED) is 0.285. The molecule has 0 aromatic carbocycles. The first-order chi connectivity index (χ1) is 12.3. The van der Waals surface area contributed by atoms with Crippen molar-refractivity contribution in [3.05, 3.63) is 0 Å². The second kappa shape index (κ2) is 11.5. The van der Waals surface area contributed by atoms with Crippen LogP contribution in [0.5, 0.6) is 0 Å². The molecule has 0 radical (unpaired) electrons. The van der Waals surface area contributed by atoms with Crippen LogP contribution in [0.25, 0.3) is 0 Å². The molecule has 0 aromatic heterocycles. The Morgan fingerprint density at radius 3 is 2.46 bits per heavy atom. The molecule has 26 heavy (non-hydrogen) atoms. The van der Waals surface area contributed by atoms with Crippen molar-refractivity contribution in [2.24, 2.45) is 0 Å². The fourth-order valence-electron chi connectivity index (χ4n) is 2.60. The summed E-state index contributed by atoms with van der Waals surface area (Å²) in [4.78, 5) is 0. The largest absolute Gasteiger partial charge is 0.370 e. The maximum atomic E-state index is 8.75. The number of ether oxygens (including phenoxy) is 4. The summed E-state index contributed by atoms with van der Waals surface area (Å²) >= 11 is 0. The minimum atomic E-state index is -1.17. The van der Waals surface area contributed by atoms with Gasteiger partial charge in [-0.1, -0.05) is 6.92 Å². The topological polar surface area (TPSA) is 82.4 Å². The first kappa shape index (κ1) is 23.7. The lowest BCUT2D eigenvalue weighted by Crippen LogP contribution is -2.37. The van der Waals surface area contributed by atoms with Crippen LogP contribution in [0.4, 0.5) is 0 Å². The van der Waals surface area contributed by atoms with Gasteiger partial charge in [-0.2, -0.15) is 5.26 Å². The van der Waals surface area contributed by atoms with E-state index in [9.17, 15) is 0 Å². The molecule has 1 aliphatic heterocycles. The zero-order valence-electron chi connectivity index (χ0n) is 16.9. The van der Waals surface area contributed by atoms with Crippen molar-refractivity contribution in [1.82, 2.24) is 4.67 Å². The van der Waals surface area contributed by atoms with Gasteiger partial charge in [0.15, 0.2) is 0 Å². The van der Waals surface area contributed by atoms with E-state index in [4.69, 9.17) is 33.3 Å². The van der Waals surface area contributed by atoms with Crippen molar-refractivity contribution in [2.75, 3.05) is 34.8 Å². The van der Waals surface area contributed by atoms with Gasteiger partial charge in [-0.25, -0.2) is 4.67 Å². The van der Waals surface area contributed by atoms with Crippen molar-refractivity contribution < 1.29 is 28.0 Å². The molecule has 1 fully saturated rings. The number of nitrogens with zero attached hydrogens (tertiary/aromatic N) is 2. The predicted octanol–water partition coefficient (Wildman–Crippen LogP) is 3.03. The molecule has 1 rings (SSSR count). The zero-order valence-corrected chi connectivity index (χ0v) is 17.8. The molecule has 0 N–H and O–H groups in total. The fraction of sp³-hybridized carbons (Fsp3) is 0.941. The summed E-state index contributed by atoms with van der Waals surface area (Å²) in [6.07, 6.45) is 0.460. The Bertz CT molecular complexity index is 445. The standard InChI is InChI=1S/C17H33N2O6P/c1-8-14-16(25-26(20-7)19(5)6)15(13(2)24-14)22-11-21-12-23-17(3,4)9-10-18/h13-16H,8-9,11-12H2,1-7H3/t13?,14?,15?,16-,26?/m0/s1. The van der Waals surface area contributed by atoms with Crippen LogP contribution < -0.4 is 0 Å². The molecule has 5 atom stereocenters. The second-order valence-electron chi connectivity index (χ2n) is 6.94. The van der Waals surface area contributed by atoms with Gasteiger partial charge in [-0.3, -0.25) is 0 Å². The van der Waals surface area contributed by atoms with Gasteiger partial charge in [0.05, 0.1) is 30.3 Å². The predicted molar refractivity (Wildman–Crippen MR) is 98.2 cm³/mol. The highest BCUT2D eigenvalue weighted by atomic mass is 31.2. The summed E-state index contributed by atoms with van der Waals surface area (Å²) < 4.78 is 36.3. The van der Waals surface area contributed by atoms with E-state index in [2.05, 4.69) is 13.0 Å². The normalized spacial score (nSPS) is 27.7. The van der Waals surface area contributed by atoms with Crippen LogP contribution in [0.2, 0.25) is 0 Å². The lowest BCUT2D eigenvalue weighted by molar-refractivity contribution is -0.191. The highest BCUT2D eigenvalue weighted by Gasteiger charge is 2.45. The van der Waals surface area contributed by atoms with Gasteiger partial charge < -0.3 is 28.0 Å². The molecule has 1 aliphatic rings. The van der Waals surface area contributed by atoms with E-state index in [1.807, 2.05) is 39.5 Å². The number of hydrogen-bond acceptors (Lipinski definition) is 8. The minimum absolute atomic E-state index is 0.0547. The fourth-order valence-corrected chi connectivity index (χ4v) is 3.67. The SMILES string of the molecule is CCC1OC(C)C(OCOCOC(C)(C)CC#N)[C@H]1OP(OC)N(C)C. The van der Waals surface area contributed by atoms with Crippen molar-refractivity contribution >= 4 is 8.53 Å². The Labute approximate surface area is 158 Å². The highest BCUT2D eigenvalue weighted by Crippen LogP contribution is 2.44. The molecule has 1 heterocycles. The van der Waals surface area contributed by atoms with E-state index in [1.165, 1.54) is 0 Å². The average Bonchev–Trinajstić information content (AvgIpc) is 2.87. The third kappa shape index (κ3) is 7.34. The molecular formula is C17H33N2O6P. The Hall–Kier alpha value is -0.360. The van der Waals surface area contributed by atoms with Crippen molar-refractivity contribution in [1.29, 1.82) is 5.26 Å². The maximum absolute atomic E-state index is 8.75. The second-order valence-corrected chi connectivity index (χ2v) is 8.79. The molecule has 1 saturated heterocycles. The van der Waals surface area contributed by atoms with Gasteiger partial charge in [0.25, 0.3) is 8.53 Å². The Kier molecular flexibility index (Phi) is 10.5. The molecule has 0 saturated carbocycles. The third-order valence-electron chi connectivity index (χ3n) is 4.02. The maximum Gasteiger partial charge on any atom is 0.258 e. The smallest absolute Gasteiger partial charge is 0.258 e. The summed E-state index contributed by atoms with van der Waals surface area (Å²) in [5.41, 5.74) is -0.544. The monoisotopic (exact) mass is 392 g/mol. The Balaban J connectivity index is 2.52. The number of hydrogen-bond donors (Lipinski definition) is 0. The minimum Gasteiger partial charge on any atom is -0.370 e. The van der Waals surface area contributed by atoms with Gasteiger partial charge in [-0.15, -0.1) is 0 Å². The lowest BCUT2D eigenvalue weighted by Gasteiger charge is -2.29. The summed E-state index contributed by atoms with van der Waals surface area (Å²) in [6, 6.07) is 2.09. The van der Waals surface area contributed by atoms with Gasteiger partial charge in [0.2, 0.25) is 0 Å². The van der Waals surface area contributed by atoms with Crippen LogP contribution in [0.15, 0.2) is 0 Å². The van der Waals surface area contributed by atoms with Crippen LogP contribution in [-0.2, 0) is 28.0 Å². The summed E-state index contributed by atoms with van der Waals surface area (Å²) in [6.45, 7) is 7.83. The molecule has 0 spiro atoms. The summed E-state index contributed by atoms with van der Waals surface area (Å²) in [7, 11) is 4.28. The van der Waals surface area contributed by atoms with Gasteiger partial charge in [-0.05, 0) is 41.3 Å². The molecule has 9 heteroatoms. The Morgan fingerprint density at radius 1 is 1.23 bits per heavy atom. The first-order valence-electron chi connectivity index (χ1n) is 8.79. The van der Waals surface area contributed by atoms with Crippen LogP contribution in [0, 0.1) is 11.3 Å². The molecule has 152 valence electrons. The van der Waals surface area contributed by atoms with Crippen LogP contribution in [-0.4, -0.2) is 69.5 Å². The van der Waals surface area contributed by atoms with Crippen LogP contribution in [0.1, 0.15) is 40.5 Å². The molecule has 8 nitrogen and oxygen atoms in total. The highest BCUT2D eigenvalue weighted by molar-refractivity contribution is 7.44. The molecule has 0 bridgehead atoms. The van der Waals surface area contributed by atoms with E-state index < -0.39 is 14.1 Å². The van der Waals surface area contributed by atoms with E-state index in [-0.39, 0.29) is 38.0 Å². The van der Waals surface area contributed by atoms with Crippen LogP contribution in [0.3, 0.4) is 0 Å². The van der Waals surface area contributed by atoms with E-state index in [1.54, 1.807) is 7.11 Å². The van der Waals surface area contributed by atoms with E-state index in [0.717, 1.165) is 6.42 Å². The molecule has 4 unspecified atom stereocenters. The molecule has 0 amide bonds. The zero-order chi connectivity index (χ0) is 19.7. The Morgan fingerprint density at radius 2 is 1.92 bits per heavy atom. The van der Waals surface area contributed by atoms with E-state index >= 15 is 0 Å². The average molecular weight is 392 g/mol. The van der Waals surface area contributed by atoms with Crippen LogP contribution >= 0.6 is 8.53 Å². The molecule has 0 aromatic rings. The lowest BCUT2D eigenvalue weighted by atomic mass is 10.1. The molecular weight excluding hydrogens is 359 g/mol. The van der Waals surface area contributed by atoms with Gasteiger partial charge >= 0.3 is 0 Å². The first-order valence-corrected chi connectivity index (χ1v) is 9.92. The van der Waals surface area contributed by atoms with Crippen molar-refractivity contribution in [2.45, 2.75) is 70.6 Å². The van der Waals surface area contributed by atoms with Crippen molar-refractivity contribution in [3.8, 4) is 6.07 Å². The molecule has 0 aliphatic carbocycles. The van der Waals surface area contributed by atoms with Gasteiger partial charge in [0, 0.05) is 7.11 Å². The number of rotatable bonds is 12. The van der Waals surface area contributed by atoms with Gasteiger partial charge in [0.1, 0.15) is 25.8 Å². The van der Waals surface area contributed by atoms with Crippen molar-refractivity contribution in [3.63, 3.8) is 0 Å². The number of nitriles is 1. The summed E-state index contributed by atoms with van der Waals surface area (Å²) in [5.74, 6) is 0. The van der Waals surface area contributed by atoms with E-state index in [0.29, 0.717) is 6.42 Å². The third-order valence-corrected chi connectivity index (χ3v) is 5.41.